The predicted molar refractivity (Wildman–Crippen MR) is 82.5 cm³/mol. The Labute approximate surface area is 120 Å². The number of carbonyl (C=O) groups is 1. The van der Waals surface area contributed by atoms with Crippen molar-refractivity contribution in [2.45, 2.75) is 32.7 Å². The molecule has 0 radical (unpaired) electrons. The largest absolute Gasteiger partial charge is 0.350 e. The lowest BCUT2D eigenvalue weighted by atomic mass is 10.1. The number of benzene rings is 2. The van der Waals surface area contributed by atoms with Crippen LogP contribution in [0.5, 0.6) is 0 Å². The molecule has 1 N–H and O–H groups in total. The maximum atomic E-state index is 12.0. The molecule has 0 aliphatic carbocycles. The van der Waals surface area contributed by atoms with E-state index >= 15 is 0 Å². The molecule has 2 heteroatoms. The fourth-order valence-corrected chi connectivity index (χ4v) is 2.26. The van der Waals surface area contributed by atoms with Crippen LogP contribution >= 0.6 is 0 Å². The molecule has 0 bridgehead atoms. The van der Waals surface area contributed by atoms with Crippen LogP contribution in [0.3, 0.4) is 0 Å². The SMILES string of the molecule is Cc1cccc(CCC(=O)NC(C)c2ccccc2)c1. The highest BCUT2D eigenvalue weighted by atomic mass is 16.1. The zero-order chi connectivity index (χ0) is 14.4. The molecule has 20 heavy (non-hydrogen) atoms. The summed E-state index contributed by atoms with van der Waals surface area (Å²) in [6.07, 6.45) is 1.32. The minimum absolute atomic E-state index is 0.0567. The zero-order valence-electron chi connectivity index (χ0n) is 12.1. The first-order chi connectivity index (χ1) is 9.65. The molecule has 1 amide bonds. The molecule has 2 aromatic rings. The first kappa shape index (κ1) is 14.3. The Hall–Kier alpha value is -2.09. The van der Waals surface area contributed by atoms with Gasteiger partial charge in [0.1, 0.15) is 0 Å². The van der Waals surface area contributed by atoms with E-state index in [2.05, 4.69) is 30.4 Å². The molecule has 0 heterocycles. The minimum Gasteiger partial charge on any atom is -0.350 e. The second kappa shape index (κ2) is 6.90. The Morgan fingerprint density at radius 3 is 2.55 bits per heavy atom. The molecule has 1 atom stereocenters. The highest BCUT2D eigenvalue weighted by Crippen LogP contribution is 2.12. The standard InChI is InChI=1S/C18H21NO/c1-14-7-6-8-16(13-14)11-12-18(20)19-15(2)17-9-4-3-5-10-17/h3-10,13,15H,11-12H2,1-2H3,(H,19,20). The Bertz CT molecular complexity index is 563. The molecule has 2 rings (SSSR count). The minimum atomic E-state index is 0.0567. The summed E-state index contributed by atoms with van der Waals surface area (Å²) < 4.78 is 0. The molecule has 0 aliphatic rings. The number of rotatable bonds is 5. The highest BCUT2D eigenvalue weighted by molar-refractivity contribution is 5.76. The van der Waals surface area contributed by atoms with Crippen LogP contribution in [0, 0.1) is 6.92 Å². The summed E-state index contributed by atoms with van der Waals surface area (Å²) in [6.45, 7) is 4.08. The molecule has 0 saturated heterocycles. The highest BCUT2D eigenvalue weighted by Gasteiger charge is 2.09. The number of amides is 1. The van der Waals surface area contributed by atoms with Crippen LogP contribution in [-0.2, 0) is 11.2 Å². The quantitative estimate of drug-likeness (QED) is 0.877. The van der Waals surface area contributed by atoms with Gasteiger partial charge in [-0.3, -0.25) is 4.79 Å². The van der Waals surface area contributed by atoms with E-state index in [0.29, 0.717) is 6.42 Å². The van der Waals surface area contributed by atoms with Gasteiger partial charge in [0, 0.05) is 6.42 Å². The third-order valence-corrected chi connectivity index (χ3v) is 3.40. The molecular weight excluding hydrogens is 246 g/mol. The van der Waals surface area contributed by atoms with E-state index in [1.807, 2.05) is 43.3 Å². The third kappa shape index (κ3) is 4.23. The van der Waals surface area contributed by atoms with E-state index in [0.717, 1.165) is 12.0 Å². The molecule has 104 valence electrons. The number of nitrogens with one attached hydrogen (secondary N) is 1. The van der Waals surface area contributed by atoms with Crippen LogP contribution in [-0.4, -0.2) is 5.91 Å². The summed E-state index contributed by atoms with van der Waals surface area (Å²) in [6, 6.07) is 18.4. The Morgan fingerprint density at radius 1 is 1.10 bits per heavy atom. The number of carbonyl (C=O) groups excluding carboxylic acids is 1. The Balaban J connectivity index is 1.84. The van der Waals surface area contributed by atoms with Crippen molar-refractivity contribution < 1.29 is 4.79 Å². The van der Waals surface area contributed by atoms with E-state index in [1.165, 1.54) is 11.1 Å². The van der Waals surface area contributed by atoms with Gasteiger partial charge in [0.25, 0.3) is 0 Å². The van der Waals surface area contributed by atoms with Crippen LogP contribution < -0.4 is 5.32 Å². The van der Waals surface area contributed by atoms with E-state index in [9.17, 15) is 4.79 Å². The van der Waals surface area contributed by atoms with Gasteiger partial charge < -0.3 is 5.32 Å². The molecule has 0 spiro atoms. The maximum Gasteiger partial charge on any atom is 0.220 e. The molecule has 1 unspecified atom stereocenters. The van der Waals surface area contributed by atoms with E-state index in [1.54, 1.807) is 0 Å². The van der Waals surface area contributed by atoms with Crippen molar-refractivity contribution in [1.29, 1.82) is 0 Å². The molecule has 0 fully saturated rings. The third-order valence-electron chi connectivity index (χ3n) is 3.40. The summed E-state index contributed by atoms with van der Waals surface area (Å²) in [7, 11) is 0. The van der Waals surface area contributed by atoms with Crippen molar-refractivity contribution in [2.24, 2.45) is 0 Å². The average molecular weight is 267 g/mol. The number of aryl methyl sites for hydroxylation is 2. The predicted octanol–water partition coefficient (Wildman–Crippen LogP) is 3.81. The van der Waals surface area contributed by atoms with Gasteiger partial charge in [0.05, 0.1) is 6.04 Å². The van der Waals surface area contributed by atoms with Gasteiger partial charge in [-0.2, -0.15) is 0 Å². The maximum absolute atomic E-state index is 12.0. The first-order valence-electron chi connectivity index (χ1n) is 7.05. The van der Waals surface area contributed by atoms with Crippen LogP contribution in [0.25, 0.3) is 0 Å². The second-order valence-electron chi connectivity index (χ2n) is 5.19. The fourth-order valence-electron chi connectivity index (χ4n) is 2.26. The molecular formula is C18H21NO. The van der Waals surface area contributed by atoms with Crippen molar-refractivity contribution in [3.05, 3.63) is 71.3 Å². The summed E-state index contributed by atoms with van der Waals surface area (Å²) in [5.74, 6) is 0.0999. The van der Waals surface area contributed by atoms with Crippen molar-refractivity contribution in [3.63, 3.8) is 0 Å². The summed E-state index contributed by atoms with van der Waals surface area (Å²) >= 11 is 0. The Kier molecular flexibility index (Phi) is 4.94. The van der Waals surface area contributed by atoms with Crippen LogP contribution in [0.2, 0.25) is 0 Å². The molecule has 2 aromatic carbocycles. The van der Waals surface area contributed by atoms with Gasteiger partial charge in [-0.15, -0.1) is 0 Å². The lowest BCUT2D eigenvalue weighted by Crippen LogP contribution is -2.26. The molecule has 0 saturated carbocycles. The van der Waals surface area contributed by atoms with Crippen molar-refractivity contribution in [3.8, 4) is 0 Å². The second-order valence-corrected chi connectivity index (χ2v) is 5.19. The van der Waals surface area contributed by atoms with Gasteiger partial charge >= 0.3 is 0 Å². The fraction of sp³-hybridized carbons (Fsp3) is 0.278. The van der Waals surface area contributed by atoms with E-state index in [-0.39, 0.29) is 11.9 Å². The van der Waals surface area contributed by atoms with Gasteiger partial charge in [0.2, 0.25) is 5.91 Å². The monoisotopic (exact) mass is 267 g/mol. The molecule has 2 nitrogen and oxygen atoms in total. The van der Waals surface area contributed by atoms with Crippen LogP contribution in [0.4, 0.5) is 0 Å². The average Bonchev–Trinajstić information content (AvgIpc) is 2.46. The van der Waals surface area contributed by atoms with Gasteiger partial charge in [-0.1, -0.05) is 60.2 Å². The van der Waals surface area contributed by atoms with E-state index in [4.69, 9.17) is 0 Å². The van der Waals surface area contributed by atoms with Gasteiger partial charge in [-0.05, 0) is 31.4 Å². The normalized spacial score (nSPS) is 11.9. The van der Waals surface area contributed by atoms with Gasteiger partial charge in [-0.25, -0.2) is 0 Å². The molecule has 0 aliphatic heterocycles. The van der Waals surface area contributed by atoms with Crippen molar-refractivity contribution in [2.75, 3.05) is 0 Å². The van der Waals surface area contributed by atoms with Crippen molar-refractivity contribution in [1.82, 2.24) is 5.32 Å². The summed E-state index contributed by atoms with van der Waals surface area (Å²) in [5, 5.41) is 3.04. The van der Waals surface area contributed by atoms with Gasteiger partial charge in [0.15, 0.2) is 0 Å². The van der Waals surface area contributed by atoms with Crippen LogP contribution in [0.15, 0.2) is 54.6 Å². The first-order valence-corrected chi connectivity index (χ1v) is 7.05. The number of hydrogen-bond donors (Lipinski definition) is 1. The lowest BCUT2D eigenvalue weighted by Gasteiger charge is -2.14. The van der Waals surface area contributed by atoms with E-state index < -0.39 is 0 Å². The molecule has 0 aromatic heterocycles. The lowest BCUT2D eigenvalue weighted by molar-refractivity contribution is -0.121. The van der Waals surface area contributed by atoms with Crippen molar-refractivity contribution >= 4 is 5.91 Å². The van der Waals surface area contributed by atoms with Crippen LogP contribution in [0.1, 0.15) is 36.1 Å². The summed E-state index contributed by atoms with van der Waals surface area (Å²) in [5.41, 5.74) is 3.59. The topological polar surface area (TPSA) is 29.1 Å². The summed E-state index contributed by atoms with van der Waals surface area (Å²) in [4.78, 5) is 12.0. The number of hydrogen-bond acceptors (Lipinski definition) is 1. The zero-order valence-corrected chi connectivity index (χ0v) is 12.1. The smallest absolute Gasteiger partial charge is 0.220 e. The Morgan fingerprint density at radius 2 is 1.85 bits per heavy atom.